The van der Waals surface area contributed by atoms with Gasteiger partial charge < -0.3 is 15.4 Å². The lowest BCUT2D eigenvalue weighted by molar-refractivity contribution is -0.124. The van der Waals surface area contributed by atoms with Gasteiger partial charge in [0.2, 0.25) is 5.91 Å². The Bertz CT molecular complexity index is 608. The minimum absolute atomic E-state index is 0.0820. The van der Waals surface area contributed by atoms with Gasteiger partial charge in [0.05, 0.1) is 12.7 Å². The Labute approximate surface area is 160 Å². The molecule has 1 saturated carbocycles. The lowest BCUT2D eigenvalue weighted by atomic mass is 9.87. The van der Waals surface area contributed by atoms with Crippen LogP contribution in [0.5, 0.6) is 5.75 Å². The van der Waals surface area contributed by atoms with Gasteiger partial charge in [-0.05, 0) is 49.3 Å². The third-order valence-corrected chi connectivity index (χ3v) is 5.51. The van der Waals surface area contributed by atoms with E-state index in [1.807, 2.05) is 12.3 Å². The molecular formula is C20H30N2O3S. The predicted octanol–water partition coefficient (Wildman–Crippen LogP) is 3.24. The minimum atomic E-state index is -0.530. The first-order chi connectivity index (χ1) is 12.5. The maximum Gasteiger partial charge on any atom is 0.255 e. The van der Waals surface area contributed by atoms with Gasteiger partial charge in [-0.1, -0.05) is 31.9 Å². The van der Waals surface area contributed by atoms with Crippen molar-refractivity contribution in [2.24, 2.45) is 5.92 Å². The molecule has 1 fully saturated rings. The van der Waals surface area contributed by atoms with E-state index in [-0.39, 0.29) is 17.9 Å². The van der Waals surface area contributed by atoms with E-state index in [0.717, 1.165) is 25.0 Å². The molecular weight excluding hydrogens is 348 g/mol. The molecule has 1 aromatic rings. The normalized spacial score (nSPS) is 20.9. The molecule has 6 heteroatoms. The predicted molar refractivity (Wildman–Crippen MR) is 107 cm³/mol. The van der Waals surface area contributed by atoms with Crippen LogP contribution in [0.25, 0.3) is 0 Å². The second kappa shape index (κ2) is 10.5. The first kappa shape index (κ1) is 20.6. The fourth-order valence-electron chi connectivity index (χ4n) is 3.44. The second-order valence-electron chi connectivity index (χ2n) is 6.99. The standard InChI is InChI=1S/C20H30N2O3S/c1-14-7-6-8-15(13-14)21-20(24)17(11-12-26-3)22-19(23)16-9-4-5-10-18(16)25-2/h4-5,9-10,14-15,17H,6-8,11-13H2,1-3H3,(H,21,24)(H,22,23). The number of thioether (sulfide) groups is 1. The average Bonchev–Trinajstić information content (AvgIpc) is 2.64. The first-order valence-electron chi connectivity index (χ1n) is 9.28. The maximum atomic E-state index is 12.8. The Morgan fingerprint density at radius 1 is 1.31 bits per heavy atom. The summed E-state index contributed by atoms with van der Waals surface area (Å²) in [7, 11) is 1.54. The van der Waals surface area contributed by atoms with Crippen molar-refractivity contribution in [3.63, 3.8) is 0 Å². The lowest BCUT2D eigenvalue weighted by Crippen LogP contribution is -2.50. The van der Waals surface area contributed by atoms with Gasteiger partial charge >= 0.3 is 0 Å². The van der Waals surface area contributed by atoms with E-state index < -0.39 is 6.04 Å². The van der Waals surface area contributed by atoms with E-state index in [0.29, 0.717) is 23.7 Å². The van der Waals surface area contributed by atoms with Crippen LogP contribution in [0.1, 0.15) is 49.4 Å². The highest BCUT2D eigenvalue weighted by Gasteiger charge is 2.26. The van der Waals surface area contributed by atoms with Gasteiger partial charge in [0.15, 0.2) is 0 Å². The van der Waals surface area contributed by atoms with E-state index >= 15 is 0 Å². The summed E-state index contributed by atoms with van der Waals surface area (Å²) in [6, 6.07) is 6.74. The third kappa shape index (κ3) is 5.94. The molecule has 0 radical (unpaired) electrons. The average molecular weight is 379 g/mol. The van der Waals surface area contributed by atoms with Gasteiger partial charge in [-0.3, -0.25) is 9.59 Å². The van der Waals surface area contributed by atoms with Crippen LogP contribution in [0, 0.1) is 5.92 Å². The van der Waals surface area contributed by atoms with Crippen LogP contribution < -0.4 is 15.4 Å². The quantitative estimate of drug-likeness (QED) is 0.729. The van der Waals surface area contributed by atoms with E-state index in [2.05, 4.69) is 17.6 Å². The fraction of sp³-hybridized carbons (Fsp3) is 0.600. The molecule has 144 valence electrons. The van der Waals surface area contributed by atoms with Gasteiger partial charge in [0, 0.05) is 6.04 Å². The van der Waals surface area contributed by atoms with Crippen molar-refractivity contribution in [1.82, 2.24) is 10.6 Å². The number of para-hydroxylation sites is 1. The number of hydrogen-bond donors (Lipinski definition) is 2. The second-order valence-corrected chi connectivity index (χ2v) is 7.97. The molecule has 26 heavy (non-hydrogen) atoms. The number of amides is 2. The number of hydrogen-bond acceptors (Lipinski definition) is 4. The molecule has 0 bridgehead atoms. The molecule has 2 amide bonds. The van der Waals surface area contributed by atoms with E-state index in [1.165, 1.54) is 13.5 Å². The van der Waals surface area contributed by atoms with Crippen molar-refractivity contribution in [3.05, 3.63) is 29.8 Å². The van der Waals surface area contributed by atoms with Crippen molar-refractivity contribution in [3.8, 4) is 5.75 Å². The van der Waals surface area contributed by atoms with E-state index in [1.54, 1.807) is 30.0 Å². The summed E-state index contributed by atoms with van der Waals surface area (Å²) < 4.78 is 5.26. The van der Waals surface area contributed by atoms with Crippen molar-refractivity contribution >= 4 is 23.6 Å². The Hall–Kier alpha value is -1.69. The molecule has 1 aromatic carbocycles. The van der Waals surface area contributed by atoms with Crippen LogP contribution in [0.4, 0.5) is 0 Å². The summed E-state index contributed by atoms with van der Waals surface area (Å²) >= 11 is 1.67. The molecule has 0 spiro atoms. The number of carbonyl (C=O) groups excluding carboxylic acids is 2. The summed E-state index contributed by atoms with van der Waals surface area (Å²) in [5.41, 5.74) is 0.447. The van der Waals surface area contributed by atoms with Gasteiger partial charge in [-0.2, -0.15) is 11.8 Å². The summed E-state index contributed by atoms with van der Waals surface area (Å²) in [5, 5.41) is 6.05. The highest BCUT2D eigenvalue weighted by molar-refractivity contribution is 7.98. The van der Waals surface area contributed by atoms with Crippen LogP contribution in [0.3, 0.4) is 0 Å². The zero-order chi connectivity index (χ0) is 18.9. The smallest absolute Gasteiger partial charge is 0.255 e. The molecule has 3 unspecified atom stereocenters. The molecule has 5 nitrogen and oxygen atoms in total. The molecule has 1 aliphatic carbocycles. The molecule has 2 N–H and O–H groups in total. The highest BCUT2D eigenvalue weighted by Crippen LogP contribution is 2.23. The fourth-order valence-corrected chi connectivity index (χ4v) is 3.91. The molecule has 0 saturated heterocycles. The number of nitrogens with one attached hydrogen (secondary N) is 2. The number of ether oxygens (including phenoxy) is 1. The summed E-state index contributed by atoms with van der Waals surface area (Å²) in [6.45, 7) is 2.23. The SMILES string of the molecule is COc1ccccc1C(=O)NC(CCSC)C(=O)NC1CCCC(C)C1. The monoisotopic (exact) mass is 378 g/mol. The van der Waals surface area contributed by atoms with Gasteiger partial charge in [0.1, 0.15) is 11.8 Å². The first-order valence-corrected chi connectivity index (χ1v) is 10.7. The van der Waals surface area contributed by atoms with Gasteiger partial charge in [-0.15, -0.1) is 0 Å². The minimum Gasteiger partial charge on any atom is -0.496 e. The Morgan fingerprint density at radius 3 is 2.77 bits per heavy atom. The van der Waals surface area contributed by atoms with Crippen molar-refractivity contribution < 1.29 is 14.3 Å². The van der Waals surface area contributed by atoms with Crippen LogP contribution in [-0.2, 0) is 4.79 Å². The Kier molecular flexibility index (Phi) is 8.29. The summed E-state index contributed by atoms with van der Waals surface area (Å²) in [4.78, 5) is 25.4. The van der Waals surface area contributed by atoms with Crippen molar-refractivity contribution in [2.45, 2.75) is 51.1 Å². The molecule has 0 aliphatic heterocycles. The topological polar surface area (TPSA) is 67.4 Å². The maximum absolute atomic E-state index is 12.8. The zero-order valence-electron chi connectivity index (χ0n) is 15.9. The zero-order valence-corrected chi connectivity index (χ0v) is 16.7. The number of carbonyl (C=O) groups is 2. The van der Waals surface area contributed by atoms with Gasteiger partial charge in [0.25, 0.3) is 5.91 Å². The van der Waals surface area contributed by atoms with Gasteiger partial charge in [-0.25, -0.2) is 0 Å². The van der Waals surface area contributed by atoms with Crippen LogP contribution >= 0.6 is 11.8 Å². The highest BCUT2D eigenvalue weighted by atomic mass is 32.2. The van der Waals surface area contributed by atoms with Crippen LogP contribution in [-0.4, -0.2) is 43.0 Å². The third-order valence-electron chi connectivity index (χ3n) is 4.87. The lowest BCUT2D eigenvalue weighted by Gasteiger charge is -2.29. The van der Waals surface area contributed by atoms with Crippen LogP contribution in [0.2, 0.25) is 0 Å². The molecule has 0 aromatic heterocycles. The van der Waals surface area contributed by atoms with Crippen LogP contribution in [0.15, 0.2) is 24.3 Å². The molecule has 3 atom stereocenters. The molecule has 2 rings (SSSR count). The number of methoxy groups -OCH3 is 1. The van der Waals surface area contributed by atoms with E-state index in [9.17, 15) is 9.59 Å². The molecule has 0 heterocycles. The van der Waals surface area contributed by atoms with Crippen molar-refractivity contribution in [2.75, 3.05) is 19.1 Å². The molecule has 1 aliphatic rings. The Balaban J connectivity index is 2.03. The number of benzene rings is 1. The largest absolute Gasteiger partial charge is 0.496 e. The Morgan fingerprint density at radius 2 is 2.08 bits per heavy atom. The van der Waals surface area contributed by atoms with E-state index in [4.69, 9.17) is 4.74 Å². The van der Waals surface area contributed by atoms with Crippen molar-refractivity contribution in [1.29, 1.82) is 0 Å². The summed E-state index contributed by atoms with van der Waals surface area (Å²) in [6.07, 6.45) is 7.02. The number of rotatable bonds is 8. The summed E-state index contributed by atoms with van der Waals surface area (Å²) in [5.74, 6) is 1.60.